The van der Waals surface area contributed by atoms with Crippen molar-refractivity contribution in [2.24, 2.45) is 0 Å². The molecule has 5 nitrogen and oxygen atoms in total. The first-order chi connectivity index (χ1) is 12.4. The van der Waals surface area contributed by atoms with E-state index < -0.39 is 11.7 Å². The zero-order valence-corrected chi connectivity index (χ0v) is 14.8. The van der Waals surface area contributed by atoms with Crippen molar-refractivity contribution >= 4 is 17.5 Å². The number of nitrogens with one attached hydrogen (secondary N) is 1. The molecule has 2 aromatic rings. The molecule has 1 N–H and O–H groups in total. The maximum absolute atomic E-state index is 13.2. The molecule has 0 atom stereocenters. The highest BCUT2D eigenvalue weighted by molar-refractivity contribution is 5.62. The zero-order chi connectivity index (χ0) is 18.7. The number of anilines is 3. The minimum absolute atomic E-state index is 0.0140. The molecule has 0 radical (unpaired) electrons. The molecule has 2 heterocycles. The van der Waals surface area contributed by atoms with Crippen LogP contribution in [0.25, 0.3) is 0 Å². The molecule has 1 aromatic carbocycles. The van der Waals surface area contributed by atoms with E-state index in [-0.39, 0.29) is 5.69 Å². The summed E-state index contributed by atoms with van der Waals surface area (Å²) in [4.78, 5) is 13.3. The molecule has 0 unspecified atom stereocenters. The number of halogens is 3. The standard InChI is InChI=1S/C18H22F3N5/c1-3-25-8-10-26(11-9-25)17-22-13(2)12-16(24-17)23-15-7-5-4-6-14(15)18(19,20)21/h4-7,12H,3,8-11H2,1-2H3,(H,22,23,24). The van der Waals surface area contributed by atoms with Gasteiger partial charge in [0.25, 0.3) is 0 Å². The minimum atomic E-state index is -4.43. The molecule has 0 spiro atoms. The number of alkyl halides is 3. The third-order valence-electron chi connectivity index (χ3n) is 4.44. The fraction of sp³-hybridized carbons (Fsp3) is 0.444. The summed E-state index contributed by atoms with van der Waals surface area (Å²) in [5.74, 6) is 0.912. The smallest absolute Gasteiger partial charge is 0.340 e. The molecular formula is C18H22F3N5. The second-order valence-corrected chi connectivity index (χ2v) is 6.28. The first-order valence-electron chi connectivity index (χ1n) is 8.63. The Labute approximate surface area is 150 Å². The summed E-state index contributed by atoms with van der Waals surface area (Å²) in [6.45, 7) is 8.39. The lowest BCUT2D eigenvalue weighted by atomic mass is 10.1. The van der Waals surface area contributed by atoms with Gasteiger partial charge in [-0.3, -0.25) is 0 Å². The molecule has 8 heteroatoms. The third kappa shape index (κ3) is 4.24. The van der Waals surface area contributed by atoms with Crippen molar-refractivity contribution in [2.75, 3.05) is 42.9 Å². The van der Waals surface area contributed by atoms with E-state index in [4.69, 9.17) is 0 Å². The van der Waals surface area contributed by atoms with Crippen LogP contribution in [0.3, 0.4) is 0 Å². The van der Waals surface area contributed by atoms with Crippen molar-refractivity contribution in [2.45, 2.75) is 20.0 Å². The van der Waals surface area contributed by atoms with Gasteiger partial charge in [0.15, 0.2) is 0 Å². The molecule has 140 valence electrons. The lowest BCUT2D eigenvalue weighted by Crippen LogP contribution is -2.46. The first kappa shape index (κ1) is 18.4. The van der Waals surface area contributed by atoms with E-state index in [0.29, 0.717) is 17.5 Å². The van der Waals surface area contributed by atoms with E-state index in [1.165, 1.54) is 12.1 Å². The maximum atomic E-state index is 13.2. The van der Waals surface area contributed by atoms with Gasteiger partial charge in [0.1, 0.15) is 5.82 Å². The van der Waals surface area contributed by atoms with Crippen LogP contribution in [-0.2, 0) is 6.18 Å². The molecule has 1 aromatic heterocycles. The van der Waals surface area contributed by atoms with E-state index in [9.17, 15) is 13.2 Å². The molecule has 1 aliphatic rings. The lowest BCUT2D eigenvalue weighted by molar-refractivity contribution is -0.136. The summed E-state index contributed by atoms with van der Waals surface area (Å²) in [6.07, 6.45) is -4.43. The maximum Gasteiger partial charge on any atom is 0.418 e. The highest BCUT2D eigenvalue weighted by Gasteiger charge is 2.33. The number of aryl methyl sites for hydroxylation is 1. The van der Waals surface area contributed by atoms with Crippen molar-refractivity contribution < 1.29 is 13.2 Å². The van der Waals surface area contributed by atoms with Gasteiger partial charge < -0.3 is 15.1 Å². The highest BCUT2D eigenvalue weighted by atomic mass is 19.4. The largest absolute Gasteiger partial charge is 0.418 e. The second kappa shape index (κ2) is 7.49. The Hall–Kier alpha value is -2.35. The number of rotatable bonds is 4. The second-order valence-electron chi connectivity index (χ2n) is 6.28. The average Bonchev–Trinajstić information content (AvgIpc) is 2.61. The summed E-state index contributed by atoms with van der Waals surface area (Å²) >= 11 is 0. The van der Waals surface area contributed by atoms with Crippen LogP contribution in [0.15, 0.2) is 30.3 Å². The van der Waals surface area contributed by atoms with E-state index in [2.05, 4.69) is 32.0 Å². The van der Waals surface area contributed by atoms with Crippen LogP contribution in [0.2, 0.25) is 0 Å². The Morgan fingerprint density at radius 1 is 1.08 bits per heavy atom. The van der Waals surface area contributed by atoms with Gasteiger partial charge in [0.05, 0.1) is 11.3 Å². The van der Waals surface area contributed by atoms with Gasteiger partial charge in [0.2, 0.25) is 5.95 Å². The van der Waals surface area contributed by atoms with Crippen molar-refractivity contribution in [3.8, 4) is 0 Å². The molecule has 3 rings (SSSR count). The van der Waals surface area contributed by atoms with Gasteiger partial charge >= 0.3 is 6.18 Å². The van der Waals surface area contributed by atoms with Crippen LogP contribution in [0.4, 0.5) is 30.6 Å². The first-order valence-corrected chi connectivity index (χ1v) is 8.63. The predicted octanol–water partition coefficient (Wildman–Crippen LogP) is 3.69. The van der Waals surface area contributed by atoms with Crippen LogP contribution >= 0.6 is 0 Å². The topological polar surface area (TPSA) is 44.3 Å². The van der Waals surface area contributed by atoms with E-state index in [1.807, 2.05) is 6.92 Å². The van der Waals surface area contributed by atoms with Crippen LogP contribution in [-0.4, -0.2) is 47.6 Å². The predicted molar refractivity (Wildman–Crippen MR) is 95.8 cm³/mol. The zero-order valence-electron chi connectivity index (χ0n) is 14.8. The molecule has 26 heavy (non-hydrogen) atoms. The van der Waals surface area contributed by atoms with Crippen LogP contribution in [0.1, 0.15) is 18.2 Å². The van der Waals surface area contributed by atoms with Crippen molar-refractivity contribution in [3.05, 3.63) is 41.6 Å². The molecule has 0 aliphatic carbocycles. The Morgan fingerprint density at radius 3 is 2.42 bits per heavy atom. The molecule has 1 fully saturated rings. The number of nitrogens with zero attached hydrogens (tertiary/aromatic N) is 4. The number of benzene rings is 1. The fourth-order valence-corrected chi connectivity index (χ4v) is 3.00. The Balaban J connectivity index is 1.83. The monoisotopic (exact) mass is 365 g/mol. The number of hydrogen-bond donors (Lipinski definition) is 1. The Kier molecular flexibility index (Phi) is 5.31. The molecule has 1 aliphatic heterocycles. The summed E-state index contributed by atoms with van der Waals surface area (Å²) in [5, 5.41) is 2.81. The van der Waals surface area contributed by atoms with Gasteiger partial charge in [-0.1, -0.05) is 19.1 Å². The quantitative estimate of drug-likeness (QED) is 0.895. The molecule has 1 saturated heterocycles. The van der Waals surface area contributed by atoms with Crippen molar-refractivity contribution in [3.63, 3.8) is 0 Å². The van der Waals surface area contributed by atoms with Crippen LogP contribution < -0.4 is 10.2 Å². The molecule has 0 bridgehead atoms. The van der Waals surface area contributed by atoms with Crippen LogP contribution in [0, 0.1) is 6.92 Å². The van der Waals surface area contributed by atoms with E-state index in [0.717, 1.165) is 38.8 Å². The molecule has 0 amide bonds. The lowest BCUT2D eigenvalue weighted by Gasteiger charge is -2.34. The highest BCUT2D eigenvalue weighted by Crippen LogP contribution is 2.35. The minimum Gasteiger partial charge on any atom is -0.340 e. The molecule has 0 saturated carbocycles. The Bertz CT molecular complexity index is 755. The van der Waals surface area contributed by atoms with Crippen LogP contribution in [0.5, 0.6) is 0 Å². The molecular weight excluding hydrogens is 343 g/mol. The summed E-state index contributed by atoms with van der Waals surface area (Å²) < 4.78 is 39.6. The summed E-state index contributed by atoms with van der Waals surface area (Å²) in [6, 6.07) is 7.05. The SMILES string of the molecule is CCN1CCN(c2nc(C)cc(Nc3ccccc3C(F)(F)F)n2)CC1. The number of piperazine rings is 1. The van der Waals surface area contributed by atoms with Gasteiger partial charge in [-0.2, -0.15) is 18.2 Å². The van der Waals surface area contributed by atoms with Gasteiger partial charge in [-0.15, -0.1) is 0 Å². The normalized spacial score (nSPS) is 16.0. The summed E-state index contributed by atoms with van der Waals surface area (Å²) in [5.41, 5.74) is -0.0193. The van der Waals surface area contributed by atoms with Gasteiger partial charge in [-0.25, -0.2) is 4.98 Å². The van der Waals surface area contributed by atoms with E-state index >= 15 is 0 Å². The summed E-state index contributed by atoms with van der Waals surface area (Å²) in [7, 11) is 0. The average molecular weight is 365 g/mol. The van der Waals surface area contributed by atoms with Crippen molar-refractivity contribution in [1.82, 2.24) is 14.9 Å². The number of likely N-dealkylation sites (N-methyl/N-ethyl adjacent to an activating group) is 1. The number of para-hydroxylation sites is 1. The van der Waals surface area contributed by atoms with Crippen molar-refractivity contribution in [1.29, 1.82) is 0 Å². The fourth-order valence-electron chi connectivity index (χ4n) is 3.00. The number of aromatic nitrogens is 2. The third-order valence-corrected chi connectivity index (χ3v) is 4.44. The van der Waals surface area contributed by atoms with E-state index in [1.54, 1.807) is 12.1 Å². The van der Waals surface area contributed by atoms with Gasteiger partial charge in [-0.05, 0) is 25.6 Å². The Morgan fingerprint density at radius 2 is 1.77 bits per heavy atom. The van der Waals surface area contributed by atoms with Gasteiger partial charge in [0, 0.05) is 37.9 Å². The number of hydrogen-bond acceptors (Lipinski definition) is 5.